The number of carbonyl (C=O) groups is 3. The zero-order chi connectivity index (χ0) is 32.4. The molecular weight excluding hydrogens is 550 g/mol. The number of carboxylic acids is 1. The van der Waals surface area contributed by atoms with Gasteiger partial charge >= 0.3 is 11.9 Å². The van der Waals surface area contributed by atoms with Crippen molar-refractivity contribution in [1.29, 1.82) is 0 Å². The number of nitrogens with one attached hydrogen (secondary N) is 1. The van der Waals surface area contributed by atoms with Crippen LogP contribution in [0, 0.1) is 0 Å². The summed E-state index contributed by atoms with van der Waals surface area (Å²) >= 11 is 0. The summed E-state index contributed by atoms with van der Waals surface area (Å²) in [6, 6.07) is 0. The molecule has 0 aliphatic heterocycles. The first-order valence-corrected chi connectivity index (χ1v) is 18.1. The Morgan fingerprint density at radius 1 is 0.614 bits per heavy atom. The Morgan fingerprint density at radius 2 is 1.16 bits per heavy atom. The van der Waals surface area contributed by atoms with Crippen molar-refractivity contribution in [2.24, 2.45) is 0 Å². The summed E-state index contributed by atoms with van der Waals surface area (Å²) in [4.78, 5) is 34.7. The van der Waals surface area contributed by atoms with E-state index in [2.05, 4.69) is 55.6 Å². The molecule has 0 radical (unpaired) electrons. The van der Waals surface area contributed by atoms with E-state index in [4.69, 9.17) is 9.84 Å². The Balaban J connectivity index is 4.20. The Labute approximate surface area is 270 Å². The van der Waals surface area contributed by atoms with Crippen LogP contribution in [0.15, 0.2) is 36.5 Å². The quantitative estimate of drug-likeness (QED) is 0.0445. The lowest BCUT2D eigenvalue weighted by molar-refractivity contribution is -0.147. The van der Waals surface area contributed by atoms with Gasteiger partial charge in [-0.25, -0.2) is 0 Å². The van der Waals surface area contributed by atoms with Crippen LogP contribution in [0.2, 0.25) is 0 Å². The molecule has 1 unspecified atom stereocenters. The van der Waals surface area contributed by atoms with E-state index >= 15 is 0 Å². The molecule has 0 rings (SSSR count). The third kappa shape index (κ3) is 32.5. The standard InChI is InChI=1S/C38H67NO5/c1-3-5-7-9-11-13-14-15-16-17-19-25-29-33-38(43)44-35(30-26-22-18-12-10-8-6-4-2)31-27-23-20-21-24-28-32-36(40)39-34-37(41)42/h7,9,13-14,26,30,35H,3-6,8,10-12,15-25,27-29,31-34H2,1-2H3,(H,39,40)(H,41,42)/b9-7-,14-13-,30-26-. The molecule has 6 heteroatoms. The summed E-state index contributed by atoms with van der Waals surface area (Å²) in [5, 5.41) is 11.0. The van der Waals surface area contributed by atoms with Gasteiger partial charge in [0, 0.05) is 12.8 Å². The number of hydrogen-bond donors (Lipinski definition) is 2. The fraction of sp³-hybridized carbons (Fsp3) is 0.763. The van der Waals surface area contributed by atoms with Crippen LogP contribution in [0.25, 0.3) is 0 Å². The molecule has 0 saturated carbocycles. The summed E-state index contributed by atoms with van der Waals surface area (Å²) in [6.45, 7) is 4.13. The van der Waals surface area contributed by atoms with Crippen LogP contribution >= 0.6 is 0 Å². The zero-order valence-electron chi connectivity index (χ0n) is 28.5. The predicted molar refractivity (Wildman–Crippen MR) is 185 cm³/mol. The molecule has 1 atom stereocenters. The second-order valence-electron chi connectivity index (χ2n) is 12.1. The fourth-order valence-corrected chi connectivity index (χ4v) is 5.05. The summed E-state index contributed by atoms with van der Waals surface area (Å²) in [5.41, 5.74) is 0. The van der Waals surface area contributed by atoms with Crippen LogP contribution < -0.4 is 5.32 Å². The minimum atomic E-state index is -1.02. The largest absolute Gasteiger partial charge is 0.480 e. The second-order valence-corrected chi connectivity index (χ2v) is 12.1. The van der Waals surface area contributed by atoms with Gasteiger partial charge < -0.3 is 15.2 Å². The van der Waals surface area contributed by atoms with Crippen LogP contribution in [0.3, 0.4) is 0 Å². The lowest BCUT2D eigenvalue weighted by Crippen LogP contribution is -2.28. The number of unbranched alkanes of at least 4 members (excludes halogenated alkanes) is 17. The topological polar surface area (TPSA) is 92.7 Å². The molecule has 0 aromatic carbocycles. The molecule has 0 aliphatic carbocycles. The highest BCUT2D eigenvalue weighted by atomic mass is 16.5. The summed E-state index contributed by atoms with van der Waals surface area (Å²) in [6.07, 6.45) is 39.9. The van der Waals surface area contributed by atoms with Gasteiger partial charge in [0.2, 0.25) is 5.91 Å². The molecular formula is C38H67NO5. The van der Waals surface area contributed by atoms with Crippen LogP contribution in [0.5, 0.6) is 0 Å². The highest BCUT2D eigenvalue weighted by Gasteiger charge is 2.11. The minimum absolute atomic E-state index is 0.0700. The van der Waals surface area contributed by atoms with Gasteiger partial charge in [-0.2, -0.15) is 0 Å². The van der Waals surface area contributed by atoms with E-state index in [0.717, 1.165) is 77.0 Å². The average molecular weight is 618 g/mol. The monoisotopic (exact) mass is 618 g/mol. The van der Waals surface area contributed by atoms with Gasteiger partial charge in [0.25, 0.3) is 0 Å². The van der Waals surface area contributed by atoms with Gasteiger partial charge in [0.05, 0.1) is 0 Å². The molecule has 1 amide bonds. The molecule has 0 heterocycles. The Morgan fingerprint density at radius 3 is 1.80 bits per heavy atom. The van der Waals surface area contributed by atoms with Gasteiger partial charge in [0.1, 0.15) is 12.6 Å². The average Bonchev–Trinajstić information content (AvgIpc) is 3.00. The molecule has 44 heavy (non-hydrogen) atoms. The maximum absolute atomic E-state index is 12.6. The summed E-state index contributed by atoms with van der Waals surface area (Å²) in [5.74, 6) is -1.28. The lowest BCUT2D eigenvalue weighted by atomic mass is 10.0. The first-order chi connectivity index (χ1) is 21.5. The Bertz CT molecular complexity index is 773. The number of aliphatic carboxylic acids is 1. The van der Waals surface area contributed by atoms with Crippen molar-refractivity contribution >= 4 is 17.8 Å². The van der Waals surface area contributed by atoms with E-state index in [1.54, 1.807) is 0 Å². The van der Waals surface area contributed by atoms with E-state index in [9.17, 15) is 14.4 Å². The van der Waals surface area contributed by atoms with Crippen LogP contribution in [0.4, 0.5) is 0 Å². The third-order valence-corrected chi connectivity index (χ3v) is 7.75. The number of allylic oxidation sites excluding steroid dienone is 5. The molecule has 0 aromatic heterocycles. The molecule has 0 aromatic rings. The third-order valence-electron chi connectivity index (χ3n) is 7.75. The maximum atomic E-state index is 12.6. The summed E-state index contributed by atoms with van der Waals surface area (Å²) in [7, 11) is 0. The predicted octanol–water partition coefficient (Wildman–Crippen LogP) is 10.6. The number of hydrogen-bond acceptors (Lipinski definition) is 4. The molecule has 2 N–H and O–H groups in total. The van der Waals surface area contributed by atoms with E-state index in [1.165, 1.54) is 70.6 Å². The van der Waals surface area contributed by atoms with Gasteiger partial charge in [0.15, 0.2) is 0 Å². The van der Waals surface area contributed by atoms with Crippen molar-refractivity contribution in [3.05, 3.63) is 36.5 Å². The molecule has 0 saturated heterocycles. The molecule has 0 bridgehead atoms. The van der Waals surface area contributed by atoms with E-state index in [1.807, 2.05) is 0 Å². The van der Waals surface area contributed by atoms with Crippen molar-refractivity contribution in [3.63, 3.8) is 0 Å². The minimum Gasteiger partial charge on any atom is -0.480 e. The smallest absolute Gasteiger partial charge is 0.322 e. The van der Waals surface area contributed by atoms with E-state index in [0.29, 0.717) is 12.8 Å². The highest BCUT2D eigenvalue weighted by molar-refractivity contribution is 5.80. The second kappa shape index (κ2) is 33.5. The van der Waals surface area contributed by atoms with Gasteiger partial charge in [-0.1, -0.05) is 128 Å². The van der Waals surface area contributed by atoms with Crippen LogP contribution in [0.1, 0.15) is 174 Å². The number of esters is 1. The van der Waals surface area contributed by atoms with Crippen molar-refractivity contribution in [3.8, 4) is 0 Å². The normalized spacial score (nSPS) is 12.4. The van der Waals surface area contributed by atoms with Gasteiger partial charge in [-0.05, 0) is 70.3 Å². The first-order valence-electron chi connectivity index (χ1n) is 18.1. The number of ether oxygens (including phenoxy) is 1. The zero-order valence-corrected chi connectivity index (χ0v) is 28.5. The van der Waals surface area contributed by atoms with Crippen LogP contribution in [-0.2, 0) is 19.1 Å². The van der Waals surface area contributed by atoms with Crippen molar-refractivity contribution in [1.82, 2.24) is 5.32 Å². The number of rotatable bonds is 32. The lowest BCUT2D eigenvalue weighted by Gasteiger charge is -2.15. The maximum Gasteiger partial charge on any atom is 0.322 e. The molecule has 0 aliphatic rings. The highest BCUT2D eigenvalue weighted by Crippen LogP contribution is 2.15. The Kier molecular flexibility index (Phi) is 31.7. The number of amides is 1. The molecule has 254 valence electrons. The van der Waals surface area contributed by atoms with E-state index in [-0.39, 0.29) is 24.5 Å². The van der Waals surface area contributed by atoms with Gasteiger partial charge in [-0.3, -0.25) is 14.4 Å². The van der Waals surface area contributed by atoms with Crippen molar-refractivity contribution in [2.75, 3.05) is 6.54 Å². The molecule has 0 fully saturated rings. The SMILES string of the molecule is CCC/C=C\C/C=C\CCCCCCCC(=O)OC(/C=C\CCCCCCCC)CCCCCCCCC(=O)NCC(=O)O. The number of carbonyl (C=O) groups excluding carboxylic acids is 2. The van der Waals surface area contributed by atoms with E-state index < -0.39 is 5.97 Å². The number of carboxylic acid groups (broad SMARTS) is 1. The fourth-order valence-electron chi connectivity index (χ4n) is 5.05. The first kappa shape index (κ1) is 41.6. The van der Waals surface area contributed by atoms with Gasteiger partial charge in [-0.15, -0.1) is 0 Å². The molecule has 6 nitrogen and oxygen atoms in total. The summed E-state index contributed by atoms with van der Waals surface area (Å²) < 4.78 is 5.90. The van der Waals surface area contributed by atoms with Crippen molar-refractivity contribution in [2.45, 2.75) is 180 Å². The van der Waals surface area contributed by atoms with Crippen LogP contribution in [-0.4, -0.2) is 35.6 Å². The van der Waals surface area contributed by atoms with Crippen molar-refractivity contribution < 1.29 is 24.2 Å². The Hall–Kier alpha value is -2.37. The molecule has 0 spiro atoms.